The molecule has 0 saturated heterocycles. The number of hydrogen-bond donors (Lipinski definition) is 2. The molecule has 0 atom stereocenters. The van der Waals surface area contributed by atoms with E-state index < -0.39 is 0 Å². The molecule has 0 saturated carbocycles. The molecule has 0 aliphatic rings. The highest BCUT2D eigenvalue weighted by molar-refractivity contribution is 9.10. The average molecular weight is 422 g/mol. The standard InChI is InChI=1S/C17H14BrClN4O2/c1-10-8-11(6-7-14(10)19)25-9-15(24)20-17-21-16(22-23-17)12-4-2-3-5-13(12)18/h2-8H,9H2,1H3,(H2,20,21,22,23,24). The second kappa shape index (κ2) is 7.67. The highest BCUT2D eigenvalue weighted by Crippen LogP contribution is 2.25. The lowest BCUT2D eigenvalue weighted by Gasteiger charge is -2.07. The molecule has 0 bridgehead atoms. The number of amides is 1. The van der Waals surface area contributed by atoms with Crippen LogP contribution in [0.1, 0.15) is 5.56 Å². The average Bonchev–Trinajstić information content (AvgIpc) is 3.04. The van der Waals surface area contributed by atoms with Crippen molar-refractivity contribution in [2.24, 2.45) is 0 Å². The molecule has 2 aromatic carbocycles. The summed E-state index contributed by atoms with van der Waals surface area (Å²) in [5, 5.41) is 10.0. The Hall–Kier alpha value is -2.38. The van der Waals surface area contributed by atoms with Crippen molar-refractivity contribution in [2.75, 3.05) is 11.9 Å². The molecule has 1 heterocycles. The van der Waals surface area contributed by atoms with Gasteiger partial charge in [-0.25, -0.2) is 0 Å². The zero-order valence-corrected chi connectivity index (χ0v) is 15.6. The van der Waals surface area contributed by atoms with Gasteiger partial charge in [0.25, 0.3) is 5.91 Å². The van der Waals surface area contributed by atoms with Crippen LogP contribution in [0.4, 0.5) is 5.95 Å². The third-order valence-electron chi connectivity index (χ3n) is 3.36. The Morgan fingerprint density at radius 1 is 1.32 bits per heavy atom. The lowest BCUT2D eigenvalue weighted by atomic mass is 10.2. The van der Waals surface area contributed by atoms with Crippen molar-refractivity contribution in [3.05, 3.63) is 57.5 Å². The Morgan fingerprint density at radius 3 is 2.88 bits per heavy atom. The molecule has 1 aromatic heterocycles. The normalized spacial score (nSPS) is 10.5. The fourth-order valence-corrected chi connectivity index (χ4v) is 2.70. The third kappa shape index (κ3) is 4.37. The summed E-state index contributed by atoms with van der Waals surface area (Å²) >= 11 is 9.41. The summed E-state index contributed by atoms with van der Waals surface area (Å²) in [5.74, 6) is 0.954. The zero-order chi connectivity index (χ0) is 17.8. The van der Waals surface area contributed by atoms with Gasteiger partial charge in [-0.2, -0.15) is 4.98 Å². The predicted octanol–water partition coefficient (Wildman–Crippen LogP) is 4.21. The van der Waals surface area contributed by atoms with E-state index in [0.717, 1.165) is 15.6 Å². The van der Waals surface area contributed by atoms with Crippen LogP contribution in [0, 0.1) is 6.92 Å². The van der Waals surface area contributed by atoms with Crippen LogP contribution in [0.2, 0.25) is 5.02 Å². The quantitative estimate of drug-likeness (QED) is 0.646. The Balaban J connectivity index is 1.60. The van der Waals surface area contributed by atoms with Gasteiger partial charge in [-0.1, -0.05) is 45.7 Å². The number of anilines is 1. The van der Waals surface area contributed by atoms with Gasteiger partial charge < -0.3 is 4.74 Å². The van der Waals surface area contributed by atoms with Gasteiger partial charge in [-0.15, -0.1) is 5.10 Å². The largest absolute Gasteiger partial charge is 0.484 e. The molecular formula is C17H14BrClN4O2. The minimum absolute atomic E-state index is 0.153. The van der Waals surface area contributed by atoms with E-state index in [-0.39, 0.29) is 18.5 Å². The number of aromatic amines is 1. The molecule has 1 amide bonds. The van der Waals surface area contributed by atoms with Gasteiger partial charge in [0.05, 0.1) is 0 Å². The van der Waals surface area contributed by atoms with Gasteiger partial charge in [0.2, 0.25) is 5.95 Å². The molecule has 0 fully saturated rings. The fourth-order valence-electron chi connectivity index (χ4n) is 2.11. The number of benzene rings is 2. The van der Waals surface area contributed by atoms with Crippen molar-refractivity contribution in [3.8, 4) is 17.1 Å². The van der Waals surface area contributed by atoms with Gasteiger partial charge in [-0.3, -0.25) is 15.2 Å². The molecule has 8 heteroatoms. The Bertz CT molecular complexity index is 913. The number of halogens is 2. The first-order valence-electron chi connectivity index (χ1n) is 7.39. The van der Waals surface area contributed by atoms with Crippen molar-refractivity contribution in [1.82, 2.24) is 15.2 Å². The number of aromatic nitrogens is 3. The summed E-state index contributed by atoms with van der Waals surface area (Å²) in [6.45, 7) is 1.71. The summed E-state index contributed by atoms with van der Waals surface area (Å²) in [6.07, 6.45) is 0. The summed E-state index contributed by atoms with van der Waals surface area (Å²) in [6, 6.07) is 12.8. The number of nitrogens with one attached hydrogen (secondary N) is 2. The minimum atomic E-state index is -0.356. The maximum atomic E-state index is 12.0. The van der Waals surface area contributed by atoms with E-state index in [1.807, 2.05) is 31.2 Å². The molecule has 3 rings (SSSR count). The highest BCUT2D eigenvalue weighted by atomic mass is 79.9. The van der Waals surface area contributed by atoms with Gasteiger partial charge in [0.1, 0.15) is 5.75 Å². The second-order valence-electron chi connectivity index (χ2n) is 5.24. The van der Waals surface area contributed by atoms with E-state index in [2.05, 4.69) is 36.4 Å². The van der Waals surface area contributed by atoms with E-state index in [1.165, 1.54) is 0 Å². The first-order valence-corrected chi connectivity index (χ1v) is 8.56. The van der Waals surface area contributed by atoms with Crippen LogP contribution in [0.5, 0.6) is 5.75 Å². The Labute approximate surface area is 157 Å². The van der Waals surface area contributed by atoms with E-state index in [9.17, 15) is 4.79 Å². The SMILES string of the molecule is Cc1cc(OCC(=O)Nc2n[nH]c(-c3ccccc3Br)n2)ccc1Cl. The molecule has 128 valence electrons. The maximum Gasteiger partial charge on any atom is 0.264 e. The first kappa shape index (κ1) is 17.4. The molecule has 3 aromatic rings. The highest BCUT2D eigenvalue weighted by Gasteiger charge is 2.11. The second-order valence-corrected chi connectivity index (χ2v) is 6.50. The lowest BCUT2D eigenvalue weighted by molar-refractivity contribution is -0.118. The van der Waals surface area contributed by atoms with Crippen LogP contribution < -0.4 is 10.1 Å². The van der Waals surface area contributed by atoms with Crippen molar-refractivity contribution in [1.29, 1.82) is 0 Å². The predicted molar refractivity (Wildman–Crippen MR) is 99.8 cm³/mol. The van der Waals surface area contributed by atoms with Crippen LogP contribution >= 0.6 is 27.5 Å². The van der Waals surface area contributed by atoms with Gasteiger partial charge in [0.15, 0.2) is 12.4 Å². The topological polar surface area (TPSA) is 79.9 Å². The van der Waals surface area contributed by atoms with E-state index in [4.69, 9.17) is 16.3 Å². The van der Waals surface area contributed by atoms with Crippen LogP contribution in [-0.2, 0) is 4.79 Å². The molecular weight excluding hydrogens is 408 g/mol. The molecule has 0 radical (unpaired) electrons. The van der Waals surface area contributed by atoms with E-state index in [1.54, 1.807) is 18.2 Å². The number of H-pyrrole nitrogens is 1. The zero-order valence-electron chi connectivity index (χ0n) is 13.2. The fraction of sp³-hybridized carbons (Fsp3) is 0.118. The van der Waals surface area contributed by atoms with E-state index in [0.29, 0.717) is 16.6 Å². The number of nitrogens with zero attached hydrogens (tertiary/aromatic N) is 2. The summed E-state index contributed by atoms with van der Waals surface area (Å²) < 4.78 is 6.32. The minimum Gasteiger partial charge on any atom is -0.484 e. The van der Waals surface area contributed by atoms with Crippen molar-refractivity contribution in [3.63, 3.8) is 0 Å². The van der Waals surface area contributed by atoms with Gasteiger partial charge in [-0.05, 0) is 36.8 Å². The van der Waals surface area contributed by atoms with Crippen LogP contribution in [0.3, 0.4) is 0 Å². The smallest absolute Gasteiger partial charge is 0.264 e. The maximum absolute atomic E-state index is 12.0. The molecule has 0 unspecified atom stereocenters. The summed E-state index contributed by atoms with van der Waals surface area (Å²) in [4.78, 5) is 16.2. The van der Waals surface area contributed by atoms with Gasteiger partial charge in [0, 0.05) is 15.1 Å². The number of ether oxygens (including phenoxy) is 1. The van der Waals surface area contributed by atoms with Gasteiger partial charge >= 0.3 is 0 Å². The molecule has 0 aliphatic heterocycles. The Morgan fingerprint density at radius 2 is 2.12 bits per heavy atom. The van der Waals surface area contributed by atoms with Crippen molar-refractivity contribution in [2.45, 2.75) is 6.92 Å². The molecule has 0 spiro atoms. The molecule has 25 heavy (non-hydrogen) atoms. The number of rotatable bonds is 5. The Kier molecular flexibility index (Phi) is 5.35. The van der Waals surface area contributed by atoms with E-state index >= 15 is 0 Å². The lowest BCUT2D eigenvalue weighted by Crippen LogP contribution is -2.20. The monoisotopic (exact) mass is 420 g/mol. The number of aryl methyl sites for hydroxylation is 1. The number of carbonyl (C=O) groups is 1. The van der Waals surface area contributed by atoms with Crippen molar-refractivity contribution < 1.29 is 9.53 Å². The first-order chi connectivity index (χ1) is 12.0. The van der Waals surface area contributed by atoms with Crippen molar-refractivity contribution >= 4 is 39.4 Å². The van der Waals surface area contributed by atoms with Crippen LogP contribution in [-0.4, -0.2) is 27.7 Å². The molecule has 0 aliphatic carbocycles. The number of carbonyl (C=O) groups excluding carboxylic acids is 1. The van der Waals surface area contributed by atoms with Crippen LogP contribution in [0.25, 0.3) is 11.4 Å². The molecule has 2 N–H and O–H groups in total. The van der Waals surface area contributed by atoms with Crippen LogP contribution in [0.15, 0.2) is 46.9 Å². The third-order valence-corrected chi connectivity index (χ3v) is 4.48. The summed E-state index contributed by atoms with van der Waals surface area (Å²) in [5.41, 5.74) is 1.73. The molecule has 6 nitrogen and oxygen atoms in total. The summed E-state index contributed by atoms with van der Waals surface area (Å²) in [7, 11) is 0. The number of hydrogen-bond acceptors (Lipinski definition) is 4.